The van der Waals surface area contributed by atoms with Gasteiger partial charge in [-0.15, -0.1) is 0 Å². The summed E-state index contributed by atoms with van der Waals surface area (Å²) in [6, 6.07) is 9.30. The topological polar surface area (TPSA) is 74.6 Å². The van der Waals surface area contributed by atoms with E-state index in [-0.39, 0.29) is 35.4 Å². The van der Waals surface area contributed by atoms with Gasteiger partial charge in [0, 0.05) is 25.2 Å². The Balaban J connectivity index is 1.33. The third-order valence-electron chi connectivity index (χ3n) is 5.69. The molecule has 3 heterocycles. The number of nitrogens with zero attached hydrogens (tertiary/aromatic N) is 1. The molecule has 6 nitrogen and oxygen atoms in total. The maximum Gasteiger partial charge on any atom is 0.289 e. The average Bonchev–Trinajstić information content (AvgIpc) is 3.45. The van der Waals surface area contributed by atoms with Gasteiger partial charge in [-0.25, -0.2) is 4.39 Å². The summed E-state index contributed by atoms with van der Waals surface area (Å²) in [6.07, 6.45) is 3.81. The lowest BCUT2D eigenvalue weighted by atomic mass is 9.97. The summed E-state index contributed by atoms with van der Waals surface area (Å²) in [5.74, 6) is 0.659. The number of rotatable bonds is 5. The lowest BCUT2D eigenvalue weighted by Gasteiger charge is -2.32. The Kier molecular flexibility index (Phi) is 5.94. The number of hydrogen-bond acceptors (Lipinski definition) is 4. The molecule has 0 radical (unpaired) electrons. The van der Waals surface area contributed by atoms with E-state index in [0.717, 1.165) is 37.8 Å². The van der Waals surface area contributed by atoms with Crippen molar-refractivity contribution in [2.75, 3.05) is 26.2 Å². The van der Waals surface area contributed by atoms with Crippen molar-refractivity contribution in [3.05, 3.63) is 48.0 Å². The summed E-state index contributed by atoms with van der Waals surface area (Å²) in [6.45, 7) is 2.76. The zero-order chi connectivity index (χ0) is 20.2. The third-order valence-corrected chi connectivity index (χ3v) is 5.69. The second-order valence-electron chi connectivity index (χ2n) is 7.82. The van der Waals surface area contributed by atoms with Gasteiger partial charge in [-0.2, -0.15) is 0 Å². The van der Waals surface area contributed by atoms with Gasteiger partial charge in [0.15, 0.2) is 5.76 Å². The lowest BCUT2D eigenvalue weighted by molar-refractivity contribution is -0.123. The predicted octanol–water partition coefficient (Wildman–Crippen LogP) is 2.81. The van der Waals surface area contributed by atoms with Crippen molar-refractivity contribution >= 4 is 11.8 Å². The Bertz CT molecular complexity index is 858. The fourth-order valence-corrected chi connectivity index (χ4v) is 4.07. The van der Waals surface area contributed by atoms with Crippen molar-refractivity contribution in [1.29, 1.82) is 0 Å². The first-order valence-electron chi connectivity index (χ1n) is 10.3. The van der Waals surface area contributed by atoms with Crippen LogP contribution in [0.3, 0.4) is 0 Å². The van der Waals surface area contributed by atoms with E-state index in [1.807, 2.05) is 0 Å². The molecule has 2 atom stereocenters. The van der Waals surface area contributed by atoms with Crippen molar-refractivity contribution in [2.24, 2.45) is 5.92 Å². The first-order valence-corrected chi connectivity index (χ1v) is 10.3. The highest BCUT2D eigenvalue weighted by atomic mass is 19.1. The quantitative estimate of drug-likeness (QED) is 0.811. The molecule has 4 rings (SSSR count). The zero-order valence-corrected chi connectivity index (χ0v) is 16.3. The molecule has 1 aromatic carbocycles. The standard InChI is InChI=1S/C22H26FN3O3/c23-17-7-5-16(6-8-17)19-9-10-20(29-19)22(28)26-12-2-3-15(14-26)13-25-21(27)18-4-1-11-24-18/h5-10,15,18,24H,1-4,11-14H2,(H,25,27). The summed E-state index contributed by atoms with van der Waals surface area (Å²) in [5, 5.41) is 6.23. The number of carbonyl (C=O) groups excluding carboxylic acids is 2. The normalized spacial score (nSPS) is 21.9. The van der Waals surface area contributed by atoms with E-state index < -0.39 is 0 Å². The highest BCUT2D eigenvalue weighted by Crippen LogP contribution is 2.25. The van der Waals surface area contributed by atoms with Gasteiger partial charge in [0.2, 0.25) is 5.91 Å². The highest BCUT2D eigenvalue weighted by molar-refractivity contribution is 5.92. The van der Waals surface area contributed by atoms with Crippen LogP contribution in [-0.2, 0) is 4.79 Å². The van der Waals surface area contributed by atoms with Crippen LogP contribution in [0.5, 0.6) is 0 Å². The van der Waals surface area contributed by atoms with Gasteiger partial charge >= 0.3 is 0 Å². The number of halogens is 1. The van der Waals surface area contributed by atoms with Gasteiger partial charge in [-0.05, 0) is 74.5 Å². The molecule has 7 heteroatoms. The number of amides is 2. The van der Waals surface area contributed by atoms with Crippen molar-refractivity contribution in [3.8, 4) is 11.3 Å². The number of likely N-dealkylation sites (tertiary alicyclic amines) is 1. The Labute approximate surface area is 169 Å². The molecule has 0 spiro atoms. The fourth-order valence-electron chi connectivity index (χ4n) is 4.07. The predicted molar refractivity (Wildman–Crippen MR) is 107 cm³/mol. The molecule has 2 aliphatic heterocycles. The van der Waals surface area contributed by atoms with Crippen LogP contribution in [0.25, 0.3) is 11.3 Å². The SMILES string of the molecule is O=C(NCC1CCCN(C(=O)c2ccc(-c3ccc(F)cc3)o2)C1)C1CCCN1. The van der Waals surface area contributed by atoms with Gasteiger partial charge in [0.1, 0.15) is 11.6 Å². The minimum absolute atomic E-state index is 0.0564. The smallest absolute Gasteiger partial charge is 0.289 e. The maximum absolute atomic E-state index is 13.1. The van der Waals surface area contributed by atoms with E-state index in [1.165, 1.54) is 12.1 Å². The molecular formula is C22H26FN3O3. The number of furan rings is 1. The van der Waals surface area contributed by atoms with Crippen molar-refractivity contribution in [2.45, 2.75) is 31.7 Å². The summed E-state index contributed by atoms with van der Waals surface area (Å²) in [4.78, 5) is 26.8. The monoisotopic (exact) mass is 399 g/mol. The largest absolute Gasteiger partial charge is 0.451 e. The van der Waals surface area contributed by atoms with E-state index in [0.29, 0.717) is 25.4 Å². The maximum atomic E-state index is 13.1. The summed E-state index contributed by atoms with van der Waals surface area (Å²) in [5.41, 5.74) is 0.727. The molecule has 2 aliphatic rings. The summed E-state index contributed by atoms with van der Waals surface area (Å²) >= 11 is 0. The minimum atomic E-state index is -0.313. The molecule has 0 saturated carbocycles. The van der Waals surface area contributed by atoms with Gasteiger partial charge in [-0.3, -0.25) is 9.59 Å². The molecule has 2 fully saturated rings. The molecule has 0 aliphatic carbocycles. The molecule has 2 N–H and O–H groups in total. The minimum Gasteiger partial charge on any atom is -0.451 e. The number of hydrogen-bond donors (Lipinski definition) is 2. The average molecular weight is 399 g/mol. The summed E-state index contributed by atoms with van der Waals surface area (Å²) in [7, 11) is 0. The molecule has 2 saturated heterocycles. The van der Waals surface area contributed by atoms with Crippen LogP contribution in [0.2, 0.25) is 0 Å². The van der Waals surface area contributed by atoms with E-state index >= 15 is 0 Å². The Hall–Kier alpha value is -2.67. The van der Waals surface area contributed by atoms with Gasteiger partial charge in [-0.1, -0.05) is 0 Å². The van der Waals surface area contributed by atoms with Crippen LogP contribution in [0, 0.1) is 11.7 Å². The van der Waals surface area contributed by atoms with Gasteiger partial charge < -0.3 is 20.0 Å². The lowest BCUT2D eigenvalue weighted by Crippen LogP contribution is -2.46. The zero-order valence-electron chi connectivity index (χ0n) is 16.3. The molecular weight excluding hydrogens is 373 g/mol. The van der Waals surface area contributed by atoms with Gasteiger partial charge in [0.25, 0.3) is 5.91 Å². The third kappa shape index (κ3) is 4.67. The van der Waals surface area contributed by atoms with Gasteiger partial charge in [0.05, 0.1) is 6.04 Å². The highest BCUT2D eigenvalue weighted by Gasteiger charge is 2.28. The fraction of sp³-hybridized carbons (Fsp3) is 0.455. The molecule has 154 valence electrons. The number of nitrogens with one attached hydrogen (secondary N) is 2. The Morgan fingerprint density at radius 3 is 2.72 bits per heavy atom. The number of carbonyl (C=O) groups is 2. The molecule has 29 heavy (non-hydrogen) atoms. The molecule has 1 aromatic heterocycles. The molecule has 2 unspecified atom stereocenters. The number of piperidine rings is 1. The number of benzene rings is 1. The van der Waals surface area contributed by atoms with Crippen molar-refractivity contribution < 1.29 is 18.4 Å². The van der Waals surface area contributed by atoms with E-state index in [2.05, 4.69) is 10.6 Å². The van der Waals surface area contributed by atoms with Crippen LogP contribution in [0.1, 0.15) is 36.2 Å². The Morgan fingerprint density at radius 1 is 1.14 bits per heavy atom. The van der Waals surface area contributed by atoms with Crippen molar-refractivity contribution in [3.63, 3.8) is 0 Å². The van der Waals surface area contributed by atoms with Crippen LogP contribution >= 0.6 is 0 Å². The molecule has 2 aromatic rings. The second kappa shape index (κ2) is 8.78. The van der Waals surface area contributed by atoms with Crippen LogP contribution in [-0.4, -0.2) is 48.9 Å². The van der Waals surface area contributed by atoms with Crippen LogP contribution < -0.4 is 10.6 Å². The van der Waals surface area contributed by atoms with Crippen molar-refractivity contribution in [1.82, 2.24) is 15.5 Å². The first-order chi connectivity index (χ1) is 14.1. The van der Waals surface area contributed by atoms with Crippen LogP contribution in [0.15, 0.2) is 40.8 Å². The van der Waals surface area contributed by atoms with E-state index in [1.54, 1.807) is 29.2 Å². The summed E-state index contributed by atoms with van der Waals surface area (Å²) < 4.78 is 18.8. The molecule has 2 amide bonds. The van der Waals surface area contributed by atoms with E-state index in [4.69, 9.17) is 4.42 Å². The first kappa shape index (κ1) is 19.6. The Morgan fingerprint density at radius 2 is 1.97 bits per heavy atom. The van der Waals surface area contributed by atoms with Crippen LogP contribution in [0.4, 0.5) is 4.39 Å². The molecule has 0 bridgehead atoms. The van der Waals surface area contributed by atoms with E-state index in [9.17, 15) is 14.0 Å². The second-order valence-corrected chi connectivity index (χ2v) is 7.82.